The quantitative estimate of drug-likeness (QED) is 0.641. The largest absolute Gasteiger partial charge is 0.381 e. The van der Waals surface area contributed by atoms with Gasteiger partial charge in [0.15, 0.2) is 0 Å². The maximum absolute atomic E-state index is 10.5. The van der Waals surface area contributed by atoms with E-state index >= 15 is 0 Å². The molecule has 0 saturated carbocycles. The van der Waals surface area contributed by atoms with Crippen LogP contribution in [0.1, 0.15) is 11.7 Å². The van der Waals surface area contributed by atoms with Gasteiger partial charge in [-0.1, -0.05) is 11.6 Å². The Morgan fingerprint density at radius 3 is 2.50 bits per heavy atom. The summed E-state index contributed by atoms with van der Waals surface area (Å²) in [4.78, 5) is 19.2. The minimum Gasteiger partial charge on any atom is -0.381 e. The molecule has 0 bridgehead atoms. The van der Waals surface area contributed by atoms with Crippen molar-refractivity contribution >= 4 is 17.3 Å². The first kappa shape index (κ1) is 12.3. The molecule has 0 amide bonds. The molecule has 1 atom stereocenters. The van der Waals surface area contributed by atoms with Crippen LogP contribution in [0.4, 0.5) is 5.69 Å². The third-order valence-corrected chi connectivity index (χ3v) is 2.22. The summed E-state index contributed by atoms with van der Waals surface area (Å²) in [5.74, 6) is 0. The maximum Gasteiger partial charge on any atom is 0.269 e. The molecule has 86 valence electrons. The number of nitro groups is 2. The molecular formula is C8H7ClN2O5. The summed E-state index contributed by atoms with van der Waals surface area (Å²) in [6.45, 7) is -0.749. The van der Waals surface area contributed by atoms with Gasteiger partial charge in [-0.15, -0.1) is 0 Å². The van der Waals surface area contributed by atoms with Crippen molar-refractivity contribution in [3.05, 3.63) is 49.0 Å². The molecule has 0 aromatic heterocycles. The molecule has 1 rings (SSSR count). The van der Waals surface area contributed by atoms with Crippen LogP contribution in [-0.4, -0.2) is 21.5 Å². The number of nitro benzene ring substituents is 1. The second-order valence-electron chi connectivity index (χ2n) is 2.99. The van der Waals surface area contributed by atoms with Crippen molar-refractivity contribution in [3.63, 3.8) is 0 Å². The van der Waals surface area contributed by atoms with Crippen LogP contribution in [0.3, 0.4) is 0 Å². The number of nitrogens with zero attached hydrogens (tertiary/aromatic N) is 2. The van der Waals surface area contributed by atoms with Crippen LogP contribution in [0.15, 0.2) is 18.2 Å². The minimum atomic E-state index is -1.46. The molecule has 7 nitrogen and oxygen atoms in total. The van der Waals surface area contributed by atoms with Gasteiger partial charge in [-0.25, -0.2) is 0 Å². The van der Waals surface area contributed by atoms with E-state index in [4.69, 9.17) is 11.6 Å². The van der Waals surface area contributed by atoms with E-state index in [1.54, 1.807) is 0 Å². The summed E-state index contributed by atoms with van der Waals surface area (Å²) in [7, 11) is 0. The SMILES string of the molecule is O=[N+]([O-])C[C@@H](O)c1cc([N+](=O)[O-])ccc1Cl. The molecule has 0 fully saturated rings. The van der Waals surface area contributed by atoms with E-state index in [0.717, 1.165) is 12.1 Å². The third kappa shape index (κ3) is 2.88. The predicted octanol–water partition coefficient (Wildman–Crippen LogP) is 1.56. The van der Waals surface area contributed by atoms with Gasteiger partial charge in [0.1, 0.15) is 6.10 Å². The fourth-order valence-corrected chi connectivity index (χ4v) is 1.38. The summed E-state index contributed by atoms with van der Waals surface area (Å²) in [5, 5.41) is 30.1. The van der Waals surface area contributed by atoms with Crippen molar-refractivity contribution in [2.75, 3.05) is 6.54 Å². The number of non-ortho nitro benzene ring substituents is 1. The van der Waals surface area contributed by atoms with Crippen LogP contribution in [0.25, 0.3) is 0 Å². The number of rotatable bonds is 4. The van der Waals surface area contributed by atoms with Crippen LogP contribution in [0, 0.1) is 20.2 Å². The van der Waals surface area contributed by atoms with E-state index in [2.05, 4.69) is 0 Å². The maximum atomic E-state index is 10.5. The molecule has 0 heterocycles. The molecule has 0 aliphatic carbocycles. The molecule has 8 heteroatoms. The second-order valence-corrected chi connectivity index (χ2v) is 3.40. The molecule has 16 heavy (non-hydrogen) atoms. The van der Waals surface area contributed by atoms with Gasteiger partial charge in [0.05, 0.1) is 4.92 Å². The first-order valence-electron chi connectivity index (χ1n) is 4.15. The van der Waals surface area contributed by atoms with E-state index in [9.17, 15) is 25.3 Å². The van der Waals surface area contributed by atoms with Crippen molar-refractivity contribution in [2.24, 2.45) is 0 Å². The van der Waals surface area contributed by atoms with E-state index in [1.807, 2.05) is 0 Å². The highest BCUT2D eigenvalue weighted by molar-refractivity contribution is 6.31. The van der Waals surface area contributed by atoms with Gasteiger partial charge in [0, 0.05) is 27.6 Å². The van der Waals surface area contributed by atoms with Crippen LogP contribution in [0.5, 0.6) is 0 Å². The molecule has 0 saturated heterocycles. The average molecular weight is 247 g/mol. The fourth-order valence-electron chi connectivity index (χ4n) is 1.14. The average Bonchev–Trinajstić information content (AvgIpc) is 2.16. The molecule has 1 aromatic rings. The van der Waals surface area contributed by atoms with Crippen LogP contribution in [-0.2, 0) is 0 Å². The number of halogens is 1. The molecule has 1 aromatic carbocycles. The smallest absolute Gasteiger partial charge is 0.269 e. The lowest BCUT2D eigenvalue weighted by molar-refractivity contribution is -0.491. The lowest BCUT2D eigenvalue weighted by Crippen LogP contribution is -2.12. The van der Waals surface area contributed by atoms with Crippen molar-refractivity contribution in [1.82, 2.24) is 0 Å². The van der Waals surface area contributed by atoms with Gasteiger partial charge in [0.2, 0.25) is 6.54 Å². The Bertz CT molecular complexity index is 436. The number of aliphatic hydroxyl groups is 1. The second kappa shape index (κ2) is 4.86. The van der Waals surface area contributed by atoms with Crippen molar-refractivity contribution < 1.29 is 15.0 Å². The first-order chi connectivity index (χ1) is 7.41. The zero-order valence-electron chi connectivity index (χ0n) is 7.87. The van der Waals surface area contributed by atoms with E-state index in [1.165, 1.54) is 6.07 Å². The van der Waals surface area contributed by atoms with Gasteiger partial charge < -0.3 is 5.11 Å². The topological polar surface area (TPSA) is 107 Å². The summed E-state index contributed by atoms with van der Waals surface area (Å²) in [6.07, 6.45) is -1.46. The Labute approximate surface area is 94.6 Å². The number of hydrogen-bond donors (Lipinski definition) is 1. The Kier molecular flexibility index (Phi) is 3.75. The first-order valence-corrected chi connectivity index (χ1v) is 4.53. The lowest BCUT2D eigenvalue weighted by Gasteiger charge is -2.07. The number of hydrogen-bond acceptors (Lipinski definition) is 5. The highest BCUT2D eigenvalue weighted by Gasteiger charge is 2.20. The van der Waals surface area contributed by atoms with Crippen LogP contribution in [0.2, 0.25) is 5.02 Å². The molecule has 0 unspecified atom stereocenters. The summed E-state index contributed by atoms with van der Waals surface area (Å²) in [6, 6.07) is 3.40. The van der Waals surface area contributed by atoms with Gasteiger partial charge in [-0.2, -0.15) is 0 Å². The molecule has 1 N–H and O–H groups in total. The minimum absolute atomic E-state index is 0.0208. The standard InChI is InChI=1S/C8H7ClN2O5/c9-7-2-1-5(11(15)16)3-6(7)8(12)4-10(13)14/h1-3,8,12H,4H2/t8-/m1/s1. The number of benzene rings is 1. The number of aliphatic hydroxyl groups excluding tert-OH is 1. The monoisotopic (exact) mass is 246 g/mol. The Balaban J connectivity index is 3.06. The van der Waals surface area contributed by atoms with Crippen molar-refractivity contribution in [3.8, 4) is 0 Å². The summed E-state index contributed by atoms with van der Waals surface area (Å²) >= 11 is 5.67. The van der Waals surface area contributed by atoms with E-state index < -0.39 is 22.5 Å². The molecular weight excluding hydrogens is 240 g/mol. The Hall–Kier alpha value is -1.73. The van der Waals surface area contributed by atoms with Gasteiger partial charge in [-0.3, -0.25) is 20.2 Å². The highest BCUT2D eigenvalue weighted by atomic mass is 35.5. The van der Waals surface area contributed by atoms with Gasteiger partial charge in [-0.05, 0) is 6.07 Å². The van der Waals surface area contributed by atoms with Gasteiger partial charge in [0.25, 0.3) is 5.69 Å². The third-order valence-electron chi connectivity index (χ3n) is 1.87. The zero-order valence-corrected chi connectivity index (χ0v) is 8.63. The molecule has 0 aliphatic rings. The Morgan fingerprint density at radius 1 is 1.38 bits per heavy atom. The summed E-state index contributed by atoms with van der Waals surface area (Å²) in [5.41, 5.74) is -0.297. The van der Waals surface area contributed by atoms with Crippen LogP contribution < -0.4 is 0 Å². The highest BCUT2D eigenvalue weighted by Crippen LogP contribution is 2.27. The fraction of sp³-hybridized carbons (Fsp3) is 0.250. The summed E-state index contributed by atoms with van der Waals surface area (Å²) < 4.78 is 0. The van der Waals surface area contributed by atoms with Gasteiger partial charge >= 0.3 is 0 Å². The molecule has 0 spiro atoms. The zero-order chi connectivity index (χ0) is 12.3. The van der Waals surface area contributed by atoms with Crippen molar-refractivity contribution in [1.29, 1.82) is 0 Å². The lowest BCUT2D eigenvalue weighted by atomic mass is 10.1. The van der Waals surface area contributed by atoms with Crippen molar-refractivity contribution in [2.45, 2.75) is 6.10 Å². The molecule has 0 aliphatic heterocycles. The predicted molar refractivity (Wildman–Crippen MR) is 54.9 cm³/mol. The molecule has 0 radical (unpaired) electrons. The van der Waals surface area contributed by atoms with E-state index in [-0.39, 0.29) is 16.3 Å². The van der Waals surface area contributed by atoms with Crippen LogP contribution >= 0.6 is 11.6 Å². The Morgan fingerprint density at radius 2 is 2.00 bits per heavy atom. The normalized spacial score (nSPS) is 12.1. The van der Waals surface area contributed by atoms with E-state index in [0.29, 0.717) is 0 Å².